The van der Waals surface area contributed by atoms with Gasteiger partial charge in [-0.2, -0.15) is 0 Å². The number of benzene rings is 2. The second kappa shape index (κ2) is 9.31. The Hall–Kier alpha value is -2.95. The van der Waals surface area contributed by atoms with Crippen LogP contribution in [0, 0.1) is 0 Å². The number of nitrogens with one attached hydrogen (secondary N) is 1. The van der Waals surface area contributed by atoms with Crippen molar-refractivity contribution in [2.75, 3.05) is 11.9 Å². The second-order valence-electron chi connectivity index (χ2n) is 7.04. The number of carbonyl (C=O) groups excluding carboxylic acids is 2. The molecule has 0 bridgehead atoms. The molecule has 5 heteroatoms. The summed E-state index contributed by atoms with van der Waals surface area (Å²) in [5.74, 6) is -0.370. The third-order valence-corrected chi connectivity index (χ3v) is 4.95. The first-order valence-electron chi connectivity index (χ1n) is 9.91. The normalized spacial score (nSPS) is 16.2. The van der Waals surface area contributed by atoms with E-state index in [9.17, 15) is 9.59 Å². The van der Waals surface area contributed by atoms with Crippen molar-refractivity contribution in [3.63, 3.8) is 0 Å². The smallest absolute Gasteiger partial charge is 0.272 e. The van der Waals surface area contributed by atoms with Crippen LogP contribution < -0.4 is 10.2 Å². The number of anilines is 1. The summed E-state index contributed by atoms with van der Waals surface area (Å²) in [6.45, 7) is 2.14. The predicted octanol–water partition coefficient (Wildman–Crippen LogP) is 3.91. The number of hydrogen-bond donors (Lipinski definition) is 1. The number of benzodiazepines with no additional fused rings is 1. The Morgan fingerprint density at radius 3 is 2.50 bits per heavy atom. The van der Waals surface area contributed by atoms with Gasteiger partial charge in [-0.25, -0.2) is 4.99 Å². The summed E-state index contributed by atoms with van der Waals surface area (Å²) < 4.78 is 0. The average Bonchev–Trinajstić information content (AvgIpc) is 2.83. The van der Waals surface area contributed by atoms with Gasteiger partial charge in [0.2, 0.25) is 12.1 Å². The summed E-state index contributed by atoms with van der Waals surface area (Å²) in [4.78, 5) is 31.7. The summed E-state index contributed by atoms with van der Waals surface area (Å²) in [7, 11) is 1.73. The van der Waals surface area contributed by atoms with Crippen LogP contribution in [0.15, 0.2) is 59.6 Å². The largest absolute Gasteiger partial charge is 0.327 e. The standard InChI is InChI=1S/C23H27N3O2/c1-3-4-5-9-16-20(27)24-22-23(28)26(2)19-15-11-10-14-18(19)21(25-22)17-12-7-6-8-13-17/h6-8,10-15,22H,3-5,9,16H2,1-2H3,(H,24,27)/t22-/m1/s1. The van der Waals surface area contributed by atoms with E-state index in [1.54, 1.807) is 11.9 Å². The molecule has 3 rings (SSSR count). The Bertz CT molecular complexity index is 861. The molecule has 0 aromatic heterocycles. The third-order valence-electron chi connectivity index (χ3n) is 4.95. The van der Waals surface area contributed by atoms with Crippen LogP contribution >= 0.6 is 0 Å². The number of amides is 2. The van der Waals surface area contributed by atoms with Crippen LogP contribution in [0.3, 0.4) is 0 Å². The molecule has 0 aliphatic carbocycles. The summed E-state index contributed by atoms with van der Waals surface area (Å²) in [5, 5.41) is 2.83. The van der Waals surface area contributed by atoms with Crippen LogP contribution in [-0.2, 0) is 9.59 Å². The summed E-state index contributed by atoms with van der Waals surface area (Å²) >= 11 is 0. The van der Waals surface area contributed by atoms with E-state index in [0.717, 1.165) is 42.5 Å². The van der Waals surface area contributed by atoms with Gasteiger partial charge >= 0.3 is 0 Å². The highest BCUT2D eigenvalue weighted by Gasteiger charge is 2.30. The molecule has 146 valence electrons. The highest BCUT2D eigenvalue weighted by molar-refractivity contribution is 6.20. The van der Waals surface area contributed by atoms with Gasteiger partial charge in [-0.15, -0.1) is 0 Å². The molecule has 0 unspecified atom stereocenters. The quantitative estimate of drug-likeness (QED) is 0.744. The van der Waals surface area contributed by atoms with E-state index in [1.165, 1.54) is 0 Å². The molecular formula is C23H27N3O2. The monoisotopic (exact) mass is 377 g/mol. The molecule has 28 heavy (non-hydrogen) atoms. The van der Waals surface area contributed by atoms with Crippen molar-refractivity contribution in [1.82, 2.24) is 5.32 Å². The third kappa shape index (κ3) is 4.47. The molecule has 1 heterocycles. The van der Waals surface area contributed by atoms with Gasteiger partial charge in [0.05, 0.1) is 11.4 Å². The van der Waals surface area contributed by atoms with E-state index in [0.29, 0.717) is 12.1 Å². The molecule has 2 amide bonds. The van der Waals surface area contributed by atoms with Crippen molar-refractivity contribution in [2.24, 2.45) is 4.99 Å². The maximum atomic E-state index is 13.0. The highest BCUT2D eigenvalue weighted by Crippen LogP contribution is 2.27. The SMILES string of the molecule is CCCCCCC(=O)N[C@@H]1N=C(c2ccccc2)c2ccccc2N(C)C1=O. The zero-order valence-corrected chi connectivity index (χ0v) is 16.5. The molecule has 0 radical (unpaired) electrons. The van der Waals surface area contributed by atoms with E-state index in [-0.39, 0.29) is 11.8 Å². The lowest BCUT2D eigenvalue weighted by atomic mass is 10.0. The summed E-state index contributed by atoms with van der Waals surface area (Å²) in [6.07, 6.45) is 3.57. The number of rotatable bonds is 7. The van der Waals surface area contributed by atoms with Gasteiger partial charge in [-0.05, 0) is 12.5 Å². The van der Waals surface area contributed by atoms with Crippen molar-refractivity contribution in [3.05, 3.63) is 65.7 Å². The molecule has 1 N–H and O–H groups in total. The number of likely N-dealkylation sites (N-methyl/N-ethyl adjacent to an activating group) is 1. The molecule has 2 aromatic carbocycles. The van der Waals surface area contributed by atoms with Crippen molar-refractivity contribution in [3.8, 4) is 0 Å². The summed E-state index contributed by atoms with van der Waals surface area (Å²) in [5.41, 5.74) is 3.30. The van der Waals surface area contributed by atoms with Gasteiger partial charge in [0, 0.05) is 24.6 Å². The van der Waals surface area contributed by atoms with Crippen molar-refractivity contribution in [2.45, 2.75) is 45.2 Å². The van der Waals surface area contributed by atoms with Crippen LogP contribution in [0.2, 0.25) is 0 Å². The minimum atomic E-state index is -0.925. The summed E-state index contributed by atoms with van der Waals surface area (Å²) in [6, 6.07) is 17.5. The Morgan fingerprint density at radius 2 is 1.75 bits per heavy atom. The molecule has 0 fully saturated rings. The number of aliphatic imine (C=N–C) groups is 1. The first kappa shape index (κ1) is 19.8. The molecule has 2 aromatic rings. The Morgan fingerprint density at radius 1 is 1.04 bits per heavy atom. The van der Waals surface area contributed by atoms with E-state index < -0.39 is 6.17 Å². The van der Waals surface area contributed by atoms with Gasteiger partial charge in [0.25, 0.3) is 5.91 Å². The lowest BCUT2D eigenvalue weighted by Crippen LogP contribution is -2.46. The van der Waals surface area contributed by atoms with Gasteiger partial charge < -0.3 is 10.2 Å². The highest BCUT2D eigenvalue weighted by atomic mass is 16.2. The maximum Gasteiger partial charge on any atom is 0.272 e. The number of fused-ring (bicyclic) bond motifs is 1. The van der Waals surface area contributed by atoms with Crippen LogP contribution in [0.1, 0.15) is 50.2 Å². The minimum Gasteiger partial charge on any atom is -0.327 e. The zero-order chi connectivity index (χ0) is 19.9. The van der Waals surface area contributed by atoms with Crippen molar-refractivity contribution in [1.29, 1.82) is 0 Å². The van der Waals surface area contributed by atoms with Crippen LogP contribution in [0.5, 0.6) is 0 Å². The molecule has 0 saturated heterocycles. The van der Waals surface area contributed by atoms with Crippen LogP contribution in [0.4, 0.5) is 5.69 Å². The molecular weight excluding hydrogens is 350 g/mol. The number of hydrogen-bond acceptors (Lipinski definition) is 3. The fourth-order valence-electron chi connectivity index (χ4n) is 3.38. The number of nitrogens with zero attached hydrogens (tertiary/aromatic N) is 2. The Kier molecular flexibility index (Phi) is 6.58. The number of unbranched alkanes of at least 4 members (excludes halogenated alkanes) is 3. The number of carbonyl (C=O) groups is 2. The molecule has 1 aliphatic heterocycles. The minimum absolute atomic E-state index is 0.134. The van der Waals surface area contributed by atoms with E-state index in [4.69, 9.17) is 4.99 Å². The van der Waals surface area contributed by atoms with E-state index in [1.807, 2.05) is 54.6 Å². The van der Waals surface area contributed by atoms with Gasteiger partial charge in [-0.3, -0.25) is 9.59 Å². The van der Waals surface area contributed by atoms with Crippen molar-refractivity contribution < 1.29 is 9.59 Å². The first-order valence-corrected chi connectivity index (χ1v) is 9.91. The first-order chi connectivity index (χ1) is 13.6. The Balaban J connectivity index is 1.91. The van der Waals surface area contributed by atoms with Gasteiger partial charge in [0.15, 0.2) is 0 Å². The van der Waals surface area contributed by atoms with Crippen LogP contribution in [0.25, 0.3) is 0 Å². The zero-order valence-electron chi connectivity index (χ0n) is 16.5. The molecule has 0 saturated carbocycles. The topological polar surface area (TPSA) is 61.8 Å². The van der Waals surface area contributed by atoms with Crippen LogP contribution in [-0.4, -0.2) is 30.7 Å². The molecule has 1 atom stereocenters. The fraction of sp³-hybridized carbons (Fsp3) is 0.348. The Labute approximate surface area is 166 Å². The average molecular weight is 377 g/mol. The fourth-order valence-corrected chi connectivity index (χ4v) is 3.38. The molecule has 1 aliphatic rings. The molecule has 5 nitrogen and oxygen atoms in total. The molecule has 0 spiro atoms. The lowest BCUT2D eigenvalue weighted by molar-refractivity contribution is -0.127. The van der Waals surface area contributed by atoms with E-state index >= 15 is 0 Å². The maximum absolute atomic E-state index is 13.0. The van der Waals surface area contributed by atoms with Gasteiger partial charge in [-0.1, -0.05) is 74.7 Å². The second-order valence-corrected chi connectivity index (χ2v) is 7.04. The number of para-hydroxylation sites is 1. The predicted molar refractivity (Wildman–Crippen MR) is 113 cm³/mol. The van der Waals surface area contributed by atoms with Crippen molar-refractivity contribution >= 4 is 23.2 Å². The van der Waals surface area contributed by atoms with E-state index in [2.05, 4.69) is 12.2 Å². The van der Waals surface area contributed by atoms with Gasteiger partial charge in [0.1, 0.15) is 0 Å². The lowest BCUT2D eigenvalue weighted by Gasteiger charge is -2.20.